The Bertz CT molecular complexity index is 749. The third-order valence-electron chi connectivity index (χ3n) is 5.70. The van der Waals surface area contributed by atoms with Gasteiger partial charge in [0, 0.05) is 43.5 Å². The van der Waals surface area contributed by atoms with Gasteiger partial charge in [-0.05, 0) is 31.0 Å². The van der Waals surface area contributed by atoms with Crippen LogP contribution in [0.2, 0.25) is 0 Å². The summed E-state index contributed by atoms with van der Waals surface area (Å²) in [4.78, 5) is 6.85. The highest BCUT2D eigenvalue weighted by Crippen LogP contribution is 2.46. The summed E-state index contributed by atoms with van der Waals surface area (Å²) in [6, 6.07) is 10.6. The Morgan fingerprint density at radius 3 is 2.50 bits per heavy atom. The Morgan fingerprint density at radius 2 is 1.92 bits per heavy atom. The number of aliphatic imine (C=N–C) groups is 1. The first-order valence-electron chi connectivity index (χ1n) is 8.87. The van der Waals surface area contributed by atoms with Crippen molar-refractivity contribution >= 4 is 29.9 Å². The minimum atomic E-state index is 0. The van der Waals surface area contributed by atoms with E-state index in [0.717, 1.165) is 25.6 Å². The lowest BCUT2D eigenvalue weighted by atomic mass is 9.65. The summed E-state index contributed by atoms with van der Waals surface area (Å²) in [6.07, 6.45) is 3.80. The van der Waals surface area contributed by atoms with Gasteiger partial charge in [0.15, 0.2) is 5.96 Å². The van der Waals surface area contributed by atoms with Gasteiger partial charge in [0.05, 0.1) is 6.54 Å². The van der Waals surface area contributed by atoms with Crippen molar-refractivity contribution in [2.75, 3.05) is 13.6 Å². The Hall–Kier alpha value is -1.57. The standard InChI is InChI=1S/C20H29N5.HI/c1-19(2)15-25(20(19,3)4)18(21-5)22-13-16-8-6-9-17(12-16)14-24-11-7-10-23-24;/h6-12H,13-15H2,1-5H3,(H,21,22);1H. The van der Waals surface area contributed by atoms with E-state index in [1.165, 1.54) is 11.1 Å². The van der Waals surface area contributed by atoms with Crippen LogP contribution in [0.15, 0.2) is 47.7 Å². The number of hydrogen-bond acceptors (Lipinski definition) is 2. The summed E-state index contributed by atoms with van der Waals surface area (Å²) in [5.74, 6) is 0.974. The maximum atomic E-state index is 4.49. The quantitative estimate of drug-likeness (QED) is 0.424. The van der Waals surface area contributed by atoms with Crippen LogP contribution in [-0.2, 0) is 13.1 Å². The average molecular weight is 467 g/mol. The summed E-state index contributed by atoms with van der Waals surface area (Å²) in [6.45, 7) is 11.8. The topological polar surface area (TPSA) is 45.5 Å². The first-order valence-corrected chi connectivity index (χ1v) is 8.87. The molecule has 2 heterocycles. The zero-order chi connectivity index (χ0) is 18.1. The fourth-order valence-corrected chi connectivity index (χ4v) is 3.30. The van der Waals surface area contributed by atoms with Crippen molar-refractivity contribution in [3.8, 4) is 0 Å². The average Bonchev–Trinajstić information content (AvgIpc) is 3.07. The van der Waals surface area contributed by atoms with Crippen molar-refractivity contribution in [1.29, 1.82) is 0 Å². The van der Waals surface area contributed by atoms with Gasteiger partial charge in [0.25, 0.3) is 0 Å². The normalized spacial score (nSPS) is 18.0. The van der Waals surface area contributed by atoms with E-state index in [0.29, 0.717) is 5.41 Å². The molecular weight excluding hydrogens is 437 g/mol. The summed E-state index contributed by atoms with van der Waals surface area (Å²) < 4.78 is 1.94. The molecule has 0 atom stereocenters. The third-order valence-corrected chi connectivity index (χ3v) is 5.70. The van der Waals surface area contributed by atoms with Crippen molar-refractivity contribution in [3.63, 3.8) is 0 Å². The van der Waals surface area contributed by atoms with E-state index in [4.69, 9.17) is 0 Å². The number of halogens is 1. The molecule has 26 heavy (non-hydrogen) atoms. The smallest absolute Gasteiger partial charge is 0.194 e. The number of nitrogens with zero attached hydrogens (tertiary/aromatic N) is 4. The second kappa shape index (κ2) is 7.98. The molecule has 1 aromatic carbocycles. The van der Waals surface area contributed by atoms with Gasteiger partial charge in [-0.3, -0.25) is 9.67 Å². The number of likely N-dealkylation sites (tertiary alicyclic amines) is 1. The molecule has 0 aliphatic carbocycles. The minimum Gasteiger partial charge on any atom is -0.352 e. The number of aromatic nitrogens is 2. The Morgan fingerprint density at radius 1 is 1.19 bits per heavy atom. The molecule has 1 aliphatic rings. The van der Waals surface area contributed by atoms with E-state index in [2.05, 4.69) is 72.3 Å². The van der Waals surface area contributed by atoms with Crippen molar-refractivity contribution < 1.29 is 0 Å². The van der Waals surface area contributed by atoms with Gasteiger partial charge in [0.2, 0.25) is 0 Å². The fraction of sp³-hybridized carbons (Fsp3) is 0.500. The first kappa shape index (κ1) is 20.7. The molecule has 3 rings (SSSR count). The van der Waals surface area contributed by atoms with E-state index in [-0.39, 0.29) is 29.5 Å². The van der Waals surface area contributed by atoms with E-state index in [1.807, 2.05) is 30.2 Å². The zero-order valence-electron chi connectivity index (χ0n) is 16.4. The summed E-state index contributed by atoms with van der Waals surface area (Å²) in [7, 11) is 1.86. The molecule has 1 aromatic heterocycles. The lowest BCUT2D eigenvalue weighted by molar-refractivity contribution is -0.0667. The highest BCUT2D eigenvalue weighted by atomic mass is 127. The van der Waals surface area contributed by atoms with Crippen LogP contribution in [0.25, 0.3) is 0 Å². The number of benzene rings is 1. The van der Waals surface area contributed by atoms with Crippen LogP contribution >= 0.6 is 24.0 Å². The van der Waals surface area contributed by atoms with Gasteiger partial charge in [0.1, 0.15) is 0 Å². The molecule has 0 saturated carbocycles. The number of hydrogen-bond donors (Lipinski definition) is 1. The van der Waals surface area contributed by atoms with Gasteiger partial charge in [-0.25, -0.2) is 0 Å². The highest BCUT2D eigenvalue weighted by molar-refractivity contribution is 14.0. The SMILES string of the molecule is CN=C(NCc1cccc(Cn2cccn2)c1)N1CC(C)(C)C1(C)C.I. The van der Waals surface area contributed by atoms with Gasteiger partial charge in [-0.1, -0.05) is 38.1 Å². The van der Waals surface area contributed by atoms with Gasteiger partial charge >= 0.3 is 0 Å². The first-order chi connectivity index (χ1) is 11.8. The molecule has 2 aromatic rings. The largest absolute Gasteiger partial charge is 0.352 e. The van der Waals surface area contributed by atoms with Crippen molar-refractivity contribution in [2.24, 2.45) is 10.4 Å². The van der Waals surface area contributed by atoms with Crippen LogP contribution in [0.5, 0.6) is 0 Å². The number of rotatable bonds is 4. The van der Waals surface area contributed by atoms with Crippen molar-refractivity contribution in [1.82, 2.24) is 20.0 Å². The molecule has 0 radical (unpaired) electrons. The second-order valence-corrected chi connectivity index (χ2v) is 7.95. The van der Waals surface area contributed by atoms with Crippen LogP contribution in [0.4, 0.5) is 0 Å². The van der Waals surface area contributed by atoms with Gasteiger partial charge in [-0.15, -0.1) is 24.0 Å². The van der Waals surface area contributed by atoms with Gasteiger partial charge < -0.3 is 10.2 Å². The maximum absolute atomic E-state index is 4.49. The second-order valence-electron chi connectivity index (χ2n) is 7.95. The lowest BCUT2D eigenvalue weighted by Gasteiger charge is -2.62. The van der Waals surface area contributed by atoms with Crippen LogP contribution in [0, 0.1) is 5.41 Å². The lowest BCUT2D eigenvalue weighted by Crippen LogP contribution is -2.72. The molecule has 0 unspecified atom stereocenters. The van der Waals surface area contributed by atoms with Crippen LogP contribution < -0.4 is 5.32 Å². The molecule has 5 nitrogen and oxygen atoms in total. The summed E-state index contributed by atoms with van der Waals surface area (Å²) in [5.41, 5.74) is 2.91. The molecular formula is C20H30IN5. The van der Waals surface area contributed by atoms with Crippen LogP contribution in [0.3, 0.4) is 0 Å². The molecule has 1 fully saturated rings. The maximum Gasteiger partial charge on any atom is 0.194 e. The highest BCUT2D eigenvalue weighted by Gasteiger charge is 2.53. The third kappa shape index (κ3) is 4.05. The van der Waals surface area contributed by atoms with Crippen molar-refractivity contribution in [3.05, 3.63) is 53.9 Å². The van der Waals surface area contributed by atoms with E-state index < -0.39 is 0 Å². The van der Waals surface area contributed by atoms with E-state index >= 15 is 0 Å². The fourth-order valence-electron chi connectivity index (χ4n) is 3.30. The Balaban J connectivity index is 0.00000243. The van der Waals surface area contributed by atoms with E-state index in [1.54, 1.807) is 0 Å². The molecule has 1 N–H and O–H groups in total. The number of nitrogens with one attached hydrogen (secondary N) is 1. The molecule has 6 heteroatoms. The summed E-state index contributed by atoms with van der Waals surface area (Å²) >= 11 is 0. The minimum absolute atomic E-state index is 0. The predicted molar refractivity (Wildman–Crippen MR) is 118 cm³/mol. The molecule has 142 valence electrons. The summed E-state index contributed by atoms with van der Waals surface area (Å²) in [5, 5.41) is 7.80. The molecule has 1 aliphatic heterocycles. The van der Waals surface area contributed by atoms with Crippen LogP contribution in [0.1, 0.15) is 38.8 Å². The van der Waals surface area contributed by atoms with Crippen LogP contribution in [-0.4, -0.2) is 39.8 Å². The Labute approximate surface area is 173 Å². The Kier molecular flexibility index (Phi) is 6.37. The molecule has 0 bridgehead atoms. The predicted octanol–water partition coefficient (Wildman–Crippen LogP) is 3.75. The van der Waals surface area contributed by atoms with E-state index in [9.17, 15) is 0 Å². The zero-order valence-corrected chi connectivity index (χ0v) is 18.7. The molecule has 0 amide bonds. The van der Waals surface area contributed by atoms with Crippen molar-refractivity contribution in [2.45, 2.75) is 46.3 Å². The van der Waals surface area contributed by atoms with Gasteiger partial charge in [-0.2, -0.15) is 5.10 Å². The molecule has 1 saturated heterocycles. The number of guanidine groups is 1. The molecule has 0 spiro atoms. The monoisotopic (exact) mass is 467 g/mol.